The van der Waals surface area contributed by atoms with Crippen LogP contribution in [0, 0.1) is 0 Å². The van der Waals surface area contributed by atoms with Crippen LogP contribution in [-0.2, 0) is 31.2 Å². The number of nitrogens with zero attached hydrogens (tertiary/aromatic N) is 1. The number of rotatable bonds is 9. The molecule has 0 saturated carbocycles. The van der Waals surface area contributed by atoms with Crippen molar-refractivity contribution < 1.29 is 52.0 Å². The first-order chi connectivity index (χ1) is 7.41. The molecule has 6 N–H and O–H groups in total. The van der Waals surface area contributed by atoms with Gasteiger partial charge in [0.25, 0.3) is 0 Å². The quantitative estimate of drug-likeness (QED) is 0.335. The molecule has 0 heterocycles. The van der Waals surface area contributed by atoms with Crippen LogP contribution < -0.4 is 5.32 Å². The standard InChI is InChI=1S/C8H14N2O6.Co.H2O/c11-6(12)3-9-1-2-10(4-7(13)14)5-8(15)16;;/h9H,1-5H2,(H,11,12)(H,13,14)(H,15,16);;1H2. The predicted molar refractivity (Wildman–Crippen MR) is 55.8 cm³/mol. The van der Waals surface area contributed by atoms with Crippen LogP contribution in [0.2, 0.25) is 0 Å². The largest absolute Gasteiger partial charge is 0.480 e. The van der Waals surface area contributed by atoms with Gasteiger partial charge in [0, 0.05) is 29.9 Å². The number of hydrogen-bond acceptors (Lipinski definition) is 5. The van der Waals surface area contributed by atoms with Gasteiger partial charge in [-0.25, -0.2) is 0 Å². The monoisotopic (exact) mass is 311 g/mol. The molecule has 0 saturated heterocycles. The zero-order chi connectivity index (χ0) is 12.6. The average molecular weight is 311 g/mol. The Bertz CT molecular complexity index is 258. The smallest absolute Gasteiger partial charge is 0.317 e. The maximum atomic E-state index is 10.4. The van der Waals surface area contributed by atoms with E-state index in [0.717, 1.165) is 0 Å². The third kappa shape index (κ3) is 14.8. The summed E-state index contributed by atoms with van der Waals surface area (Å²) in [5.41, 5.74) is 0. The maximum absolute atomic E-state index is 10.4. The van der Waals surface area contributed by atoms with Gasteiger partial charge < -0.3 is 26.1 Å². The molecule has 0 aliphatic carbocycles. The van der Waals surface area contributed by atoms with Gasteiger partial charge in [0.15, 0.2) is 0 Å². The second-order valence-electron chi connectivity index (χ2n) is 3.07. The van der Waals surface area contributed by atoms with Crippen molar-refractivity contribution >= 4 is 17.9 Å². The first kappa shape index (κ1) is 22.0. The van der Waals surface area contributed by atoms with Gasteiger partial charge in [-0.2, -0.15) is 0 Å². The van der Waals surface area contributed by atoms with E-state index in [0.29, 0.717) is 0 Å². The van der Waals surface area contributed by atoms with Gasteiger partial charge in [0.1, 0.15) is 0 Å². The third-order valence-electron chi connectivity index (χ3n) is 1.60. The Balaban J connectivity index is -0.00000112. The second kappa shape index (κ2) is 12.3. The van der Waals surface area contributed by atoms with Gasteiger partial charge in [-0.05, 0) is 0 Å². The minimum absolute atomic E-state index is 0. The fraction of sp³-hybridized carbons (Fsp3) is 0.625. The molecule has 0 aromatic rings. The summed E-state index contributed by atoms with van der Waals surface area (Å²) in [6.07, 6.45) is 0. The molecule has 0 aromatic heterocycles. The Kier molecular flexibility index (Phi) is 15.0. The molecule has 109 valence electrons. The van der Waals surface area contributed by atoms with E-state index in [9.17, 15) is 14.4 Å². The zero-order valence-electron chi connectivity index (χ0n) is 9.38. The van der Waals surface area contributed by atoms with E-state index in [-0.39, 0.29) is 55.0 Å². The van der Waals surface area contributed by atoms with Crippen molar-refractivity contribution in [3.63, 3.8) is 0 Å². The molecule has 0 aliphatic rings. The molecule has 1 radical (unpaired) electrons. The van der Waals surface area contributed by atoms with Crippen LogP contribution in [0.25, 0.3) is 0 Å². The molecule has 0 spiro atoms. The van der Waals surface area contributed by atoms with Crippen molar-refractivity contribution in [3.05, 3.63) is 0 Å². The van der Waals surface area contributed by atoms with Gasteiger partial charge in [-0.1, -0.05) is 0 Å². The summed E-state index contributed by atoms with van der Waals surface area (Å²) in [6, 6.07) is 0. The van der Waals surface area contributed by atoms with Crippen LogP contribution in [0.3, 0.4) is 0 Å². The van der Waals surface area contributed by atoms with Crippen LogP contribution in [0.4, 0.5) is 0 Å². The van der Waals surface area contributed by atoms with E-state index in [2.05, 4.69) is 5.32 Å². The van der Waals surface area contributed by atoms with E-state index < -0.39 is 17.9 Å². The zero-order valence-corrected chi connectivity index (χ0v) is 10.4. The van der Waals surface area contributed by atoms with Crippen molar-refractivity contribution in [3.8, 4) is 0 Å². The molecule has 10 heteroatoms. The van der Waals surface area contributed by atoms with Gasteiger partial charge in [0.2, 0.25) is 0 Å². The van der Waals surface area contributed by atoms with E-state index >= 15 is 0 Å². The number of aliphatic carboxylic acids is 3. The molecule has 0 amide bonds. The fourth-order valence-electron chi connectivity index (χ4n) is 1.03. The summed E-state index contributed by atoms with van der Waals surface area (Å²) < 4.78 is 0. The molecule has 0 rings (SSSR count). The summed E-state index contributed by atoms with van der Waals surface area (Å²) in [5.74, 6) is -3.28. The van der Waals surface area contributed by atoms with Gasteiger partial charge >= 0.3 is 17.9 Å². The van der Waals surface area contributed by atoms with E-state index in [1.54, 1.807) is 0 Å². The summed E-state index contributed by atoms with van der Waals surface area (Å²) >= 11 is 0. The normalized spacial score (nSPS) is 9.17. The molecule has 18 heavy (non-hydrogen) atoms. The Hall–Kier alpha value is -1.20. The van der Waals surface area contributed by atoms with E-state index in [1.165, 1.54) is 4.90 Å². The van der Waals surface area contributed by atoms with Crippen molar-refractivity contribution in [2.45, 2.75) is 0 Å². The van der Waals surface area contributed by atoms with E-state index in [1.807, 2.05) is 0 Å². The third-order valence-corrected chi connectivity index (χ3v) is 1.60. The van der Waals surface area contributed by atoms with Crippen LogP contribution in [-0.4, -0.2) is 76.3 Å². The Morgan fingerprint density at radius 1 is 0.944 bits per heavy atom. The van der Waals surface area contributed by atoms with Crippen molar-refractivity contribution in [1.29, 1.82) is 0 Å². The Morgan fingerprint density at radius 3 is 1.72 bits per heavy atom. The number of hydrogen-bond donors (Lipinski definition) is 4. The molecule has 0 aliphatic heterocycles. The molecular weight excluding hydrogens is 295 g/mol. The molecular formula is C8H16CoN2O7. The number of carboxylic acids is 3. The minimum Gasteiger partial charge on any atom is -0.480 e. The summed E-state index contributed by atoms with van der Waals surface area (Å²) in [5, 5.41) is 27.8. The second-order valence-corrected chi connectivity index (χ2v) is 3.07. The number of carbonyl (C=O) groups is 3. The molecule has 0 fully saturated rings. The van der Waals surface area contributed by atoms with Gasteiger partial charge in [0.05, 0.1) is 19.6 Å². The predicted octanol–water partition coefficient (Wildman–Crippen LogP) is -2.70. The van der Waals surface area contributed by atoms with Crippen LogP contribution >= 0.6 is 0 Å². The number of carboxylic acid groups (broad SMARTS) is 3. The summed E-state index contributed by atoms with van der Waals surface area (Å²) in [4.78, 5) is 32.1. The van der Waals surface area contributed by atoms with Gasteiger partial charge in [-0.3, -0.25) is 19.3 Å². The van der Waals surface area contributed by atoms with E-state index in [4.69, 9.17) is 15.3 Å². The molecule has 0 atom stereocenters. The van der Waals surface area contributed by atoms with Crippen molar-refractivity contribution in [1.82, 2.24) is 10.2 Å². The van der Waals surface area contributed by atoms with Crippen LogP contribution in [0.15, 0.2) is 0 Å². The fourth-order valence-corrected chi connectivity index (χ4v) is 1.03. The maximum Gasteiger partial charge on any atom is 0.317 e. The van der Waals surface area contributed by atoms with Gasteiger partial charge in [-0.15, -0.1) is 0 Å². The first-order valence-corrected chi connectivity index (χ1v) is 4.50. The average Bonchev–Trinajstić information content (AvgIpc) is 2.09. The Labute approximate surface area is 113 Å². The summed E-state index contributed by atoms with van der Waals surface area (Å²) in [6.45, 7) is -0.644. The SMILES string of the molecule is O.O=C(O)CNCCN(CC(=O)O)CC(=O)O.[Co]. The Morgan fingerprint density at radius 2 is 1.39 bits per heavy atom. The van der Waals surface area contributed by atoms with Crippen molar-refractivity contribution in [2.24, 2.45) is 0 Å². The first-order valence-electron chi connectivity index (χ1n) is 4.50. The van der Waals surface area contributed by atoms with Crippen molar-refractivity contribution in [2.75, 3.05) is 32.7 Å². The summed E-state index contributed by atoms with van der Waals surface area (Å²) in [7, 11) is 0. The molecule has 9 nitrogen and oxygen atoms in total. The number of nitrogens with one attached hydrogen (secondary N) is 1. The molecule has 0 unspecified atom stereocenters. The molecule has 0 aromatic carbocycles. The minimum atomic E-state index is -1.13. The van der Waals surface area contributed by atoms with Crippen LogP contribution in [0.5, 0.6) is 0 Å². The topological polar surface area (TPSA) is 159 Å². The molecule has 0 bridgehead atoms. The van der Waals surface area contributed by atoms with Crippen LogP contribution in [0.1, 0.15) is 0 Å².